The molecule has 0 radical (unpaired) electrons. The molecule has 0 aliphatic heterocycles. The number of nitrogens with zero attached hydrogens (tertiary/aromatic N) is 4. The van der Waals surface area contributed by atoms with Gasteiger partial charge in [-0.15, -0.1) is 32.9 Å². The lowest BCUT2D eigenvalue weighted by molar-refractivity contribution is 0.917. The monoisotopic (exact) mass is 316 g/mol. The standard InChI is InChI=1S/C15H16N4S2/c1-9-5-11(20-7-9)13-14(12-6-10(2)8-21-12)17-18-15(16-13)19(3)4/h5-8H,1-4H3. The lowest BCUT2D eigenvalue weighted by Crippen LogP contribution is -2.14. The van der Waals surface area contributed by atoms with Crippen LogP contribution in [0, 0.1) is 13.8 Å². The zero-order valence-corrected chi connectivity index (χ0v) is 14.0. The molecule has 3 heterocycles. The van der Waals surface area contributed by atoms with Crippen LogP contribution in [0.3, 0.4) is 0 Å². The molecule has 3 aromatic heterocycles. The van der Waals surface area contributed by atoms with Crippen molar-refractivity contribution in [1.29, 1.82) is 0 Å². The number of thiophene rings is 2. The van der Waals surface area contributed by atoms with Gasteiger partial charge in [-0.1, -0.05) is 0 Å². The normalized spacial score (nSPS) is 10.9. The average Bonchev–Trinajstić information content (AvgIpc) is 3.07. The summed E-state index contributed by atoms with van der Waals surface area (Å²) >= 11 is 3.38. The van der Waals surface area contributed by atoms with Crippen LogP contribution in [0.25, 0.3) is 21.1 Å². The number of aryl methyl sites for hydroxylation is 2. The minimum absolute atomic E-state index is 0.632. The molecule has 0 fully saturated rings. The van der Waals surface area contributed by atoms with Crippen LogP contribution in [-0.2, 0) is 0 Å². The van der Waals surface area contributed by atoms with Gasteiger partial charge in [-0.3, -0.25) is 0 Å². The van der Waals surface area contributed by atoms with E-state index in [0.717, 1.165) is 21.1 Å². The van der Waals surface area contributed by atoms with Crippen LogP contribution in [0.15, 0.2) is 22.9 Å². The fourth-order valence-electron chi connectivity index (χ4n) is 1.96. The van der Waals surface area contributed by atoms with E-state index in [2.05, 4.69) is 46.9 Å². The van der Waals surface area contributed by atoms with E-state index in [9.17, 15) is 0 Å². The minimum atomic E-state index is 0.632. The third kappa shape index (κ3) is 2.82. The highest BCUT2D eigenvalue weighted by atomic mass is 32.1. The quantitative estimate of drug-likeness (QED) is 0.732. The highest BCUT2D eigenvalue weighted by Gasteiger charge is 2.16. The van der Waals surface area contributed by atoms with Crippen molar-refractivity contribution >= 4 is 28.6 Å². The van der Waals surface area contributed by atoms with E-state index in [4.69, 9.17) is 4.98 Å². The Bertz CT molecular complexity index is 774. The van der Waals surface area contributed by atoms with Crippen molar-refractivity contribution in [1.82, 2.24) is 15.2 Å². The Labute approximate surface area is 132 Å². The lowest BCUT2D eigenvalue weighted by atomic mass is 10.2. The largest absolute Gasteiger partial charge is 0.346 e. The van der Waals surface area contributed by atoms with Crippen LogP contribution in [0.4, 0.5) is 5.95 Å². The Balaban J connectivity index is 2.19. The van der Waals surface area contributed by atoms with Crippen molar-refractivity contribution in [2.45, 2.75) is 13.8 Å². The van der Waals surface area contributed by atoms with Crippen LogP contribution < -0.4 is 4.90 Å². The van der Waals surface area contributed by atoms with Crippen molar-refractivity contribution in [3.05, 3.63) is 34.0 Å². The molecular formula is C15H16N4S2. The second-order valence-electron chi connectivity index (χ2n) is 5.18. The van der Waals surface area contributed by atoms with Gasteiger partial charge in [0.1, 0.15) is 11.4 Å². The summed E-state index contributed by atoms with van der Waals surface area (Å²) in [7, 11) is 3.85. The summed E-state index contributed by atoms with van der Waals surface area (Å²) in [5.41, 5.74) is 4.25. The number of aromatic nitrogens is 3. The Hall–Kier alpha value is -1.79. The number of hydrogen-bond donors (Lipinski definition) is 0. The van der Waals surface area contributed by atoms with Gasteiger partial charge in [-0.25, -0.2) is 4.98 Å². The molecule has 0 bridgehead atoms. The third-order valence-corrected chi connectivity index (χ3v) is 5.11. The van der Waals surface area contributed by atoms with Crippen molar-refractivity contribution in [3.8, 4) is 21.1 Å². The van der Waals surface area contributed by atoms with Gasteiger partial charge in [0.2, 0.25) is 5.95 Å². The number of anilines is 1. The van der Waals surface area contributed by atoms with Gasteiger partial charge in [-0.2, -0.15) is 0 Å². The Morgan fingerprint density at radius 3 is 1.90 bits per heavy atom. The molecule has 3 rings (SSSR count). The predicted molar refractivity (Wildman–Crippen MR) is 90.3 cm³/mol. The first-order chi connectivity index (χ1) is 10.0. The highest BCUT2D eigenvalue weighted by Crippen LogP contribution is 2.35. The smallest absolute Gasteiger partial charge is 0.245 e. The SMILES string of the molecule is Cc1csc(-c2nnc(N(C)C)nc2-c2cc(C)cs2)c1. The fraction of sp³-hybridized carbons (Fsp3) is 0.267. The van der Waals surface area contributed by atoms with Gasteiger partial charge in [0.25, 0.3) is 0 Å². The lowest BCUT2D eigenvalue weighted by Gasteiger charge is -2.11. The Morgan fingerprint density at radius 2 is 1.43 bits per heavy atom. The second-order valence-corrected chi connectivity index (χ2v) is 7.00. The van der Waals surface area contributed by atoms with Gasteiger partial charge in [0, 0.05) is 14.1 Å². The minimum Gasteiger partial charge on any atom is -0.346 e. The van der Waals surface area contributed by atoms with Gasteiger partial charge >= 0.3 is 0 Å². The summed E-state index contributed by atoms with van der Waals surface area (Å²) in [6, 6.07) is 4.29. The van der Waals surface area contributed by atoms with Gasteiger partial charge in [0.15, 0.2) is 0 Å². The van der Waals surface area contributed by atoms with Crippen LogP contribution in [-0.4, -0.2) is 29.3 Å². The molecule has 0 spiro atoms. The molecule has 0 aliphatic rings. The zero-order chi connectivity index (χ0) is 15.0. The van der Waals surface area contributed by atoms with Crippen LogP contribution in [0.2, 0.25) is 0 Å². The van der Waals surface area contributed by atoms with E-state index < -0.39 is 0 Å². The molecule has 21 heavy (non-hydrogen) atoms. The highest BCUT2D eigenvalue weighted by molar-refractivity contribution is 7.14. The molecule has 0 aromatic carbocycles. The molecule has 0 saturated carbocycles. The summed E-state index contributed by atoms with van der Waals surface area (Å²) in [6.07, 6.45) is 0. The first kappa shape index (κ1) is 14.2. The molecule has 0 N–H and O–H groups in total. The van der Waals surface area contributed by atoms with E-state index in [1.165, 1.54) is 11.1 Å². The Morgan fingerprint density at radius 1 is 0.857 bits per heavy atom. The molecule has 0 unspecified atom stereocenters. The van der Waals surface area contributed by atoms with E-state index in [0.29, 0.717) is 5.95 Å². The molecular weight excluding hydrogens is 300 g/mol. The van der Waals surface area contributed by atoms with Crippen molar-refractivity contribution < 1.29 is 0 Å². The topological polar surface area (TPSA) is 41.9 Å². The molecule has 0 saturated heterocycles. The maximum Gasteiger partial charge on any atom is 0.245 e. The molecule has 108 valence electrons. The van der Waals surface area contributed by atoms with E-state index in [1.54, 1.807) is 22.7 Å². The first-order valence-electron chi connectivity index (χ1n) is 6.57. The van der Waals surface area contributed by atoms with Crippen LogP contribution in [0.1, 0.15) is 11.1 Å². The maximum atomic E-state index is 4.71. The van der Waals surface area contributed by atoms with E-state index in [1.807, 2.05) is 19.0 Å². The molecule has 6 heteroatoms. The summed E-state index contributed by atoms with van der Waals surface area (Å²) in [5, 5.41) is 12.9. The average molecular weight is 316 g/mol. The van der Waals surface area contributed by atoms with Crippen LogP contribution >= 0.6 is 22.7 Å². The molecule has 0 atom stereocenters. The summed E-state index contributed by atoms with van der Waals surface area (Å²) < 4.78 is 0. The van der Waals surface area contributed by atoms with Crippen molar-refractivity contribution in [2.75, 3.05) is 19.0 Å². The fourth-order valence-corrected chi connectivity index (χ4v) is 3.73. The summed E-state index contributed by atoms with van der Waals surface area (Å²) in [6.45, 7) is 4.18. The van der Waals surface area contributed by atoms with Gasteiger partial charge < -0.3 is 4.90 Å². The zero-order valence-electron chi connectivity index (χ0n) is 12.4. The number of rotatable bonds is 3. The molecule has 3 aromatic rings. The Kier molecular flexibility index (Phi) is 3.73. The van der Waals surface area contributed by atoms with E-state index >= 15 is 0 Å². The summed E-state index contributed by atoms with van der Waals surface area (Å²) in [5.74, 6) is 0.632. The second kappa shape index (κ2) is 5.54. The van der Waals surface area contributed by atoms with Crippen molar-refractivity contribution in [2.24, 2.45) is 0 Å². The number of hydrogen-bond acceptors (Lipinski definition) is 6. The van der Waals surface area contributed by atoms with Gasteiger partial charge in [-0.05, 0) is 47.9 Å². The summed E-state index contributed by atoms with van der Waals surface area (Å²) in [4.78, 5) is 8.83. The van der Waals surface area contributed by atoms with Crippen LogP contribution in [0.5, 0.6) is 0 Å². The predicted octanol–water partition coefficient (Wildman–Crippen LogP) is 4.01. The first-order valence-corrected chi connectivity index (χ1v) is 8.33. The third-order valence-electron chi connectivity index (χ3n) is 3.00. The van der Waals surface area contributed by atoms with E-state index in [-0.39, 0.29) is 0 Å². The van der Waals surface area contributed by atoms with Crippen molar-refractivity contribution in [3.63, 3.8) is 0 Å². The molecule has 0 aliphatic carbocycles. The molecule has 4 nitrogen and oxygen atoms in total. The molecule has 0 amide bonds. The van der Waals surface area contributed by atoms with Gasteiger partial charge in [0.05, 0.1) is 9.75 Å². The maximum absolute atomic E-state index is 4.71.